The van der Waals surface area contributed by atoms with Crippen molar-refractivity contribution in [2.75, 3.05) is 0 Å². The van der Waals surface area contributed by atoms with Gasteiger partial charge in [0.05, 0.1) is 29.3 Å². The van der Waals surface area contributed by atoms with Crippen LogP contribution in [0, 0.1) is 5.92 Å². The van der Waals surface area contributed by atoms with Gasteiger partial charge in [0, 0.05) is 5.39 Å². The number of aliphatic carboxylic acids is 1. The average Bonchev–Trinajstić information content (AvgIpc) is 2.59. The number of carboxylic acid groups (broad SMARTS) is 1. The Morgan fingerprint density at radius 2 is 1.86 bits per heavy atom. The first-order valence-corrected chi connectivity index (χ1v) is 11.8. The zero-order valence-corrected chi connectivity index (χ0v) is 18.7. The fraction of sp³-hybridized carbons (Fsp3) is 0.455. The highest BCUT2D eigenvalue weighted by atomic mass is 28.3. The lowest BCUT2D eigenvalue weighted by molar-refractivity contribution is -0.142. The summed E-state index contributed by atoms with van der Waals surface area (Å²) in [6.07, 6.45) is 2.47. The summed E-state index contributed by atoms with van der Waals surface area (Å²) in [4.78, 5) is 16.2. The quantitative estimate of drug-likeness (QED) is 0.665. The number of carboxylic acids is 1. The number of benzene rings is 1. The second-order valence-electron chi connectivity index (χ2n) is 8.44. The molecule has 2 aromatic rings. The molecule has 2 N–H and O–H groups in total. The molecule has 0 saturated carbocycles. The first-order valence-electron chi connectivity index (χ1n) is 9.64. The zero-order chi connectivity index (χ0) is 21.1. The highest BCUT2D eigenvalue weighted by Crippen LogP contribution is 2.29. The van der Waals surface area contributed by atoms with Crippen molar-refractivity contribution in [3.05, 3.63) is 47.7 Å². The molecule has 1 aromatic carbocycles. The van der Waals surface area contributed by atoms with Crippen LogP contribution in [0.15, 0.2) is 36.4 Å². The second-order valence-corrected chi connectivity index (χ2v) is 11.7. The molecular formula is C22H31NO4Si. The molecule has 6 heteroatoms. The van der Waals surface area contributed by atoms with Crippen LogP contribution >= 0.6 is 0 Å². The maximum Gasteiger partial charge on any atom is 0.312 e. The molecule has 1 aromatic heterocycles. The third-order valence-electron chi connectivity index (χ3n) is 5.09. The maximum atomic E-state index is 11.8. The van der Waals surface area contributed by atoms with Crippen LogP contribution < -0.4 is 0 Å². The van der Waals surface area contributed by atoms with Gasteiger partial charge < -0.3 is 14.6 Å². The van der Waals surface area contributed by atoms with Crippen molar-refractivity contribution in [1.82, 2.24) is 4.98 Å². The highest BCUT2D eigenvalue weighted by Gasteiger charge is 2.29. The number of nitrogens with zero attached hydrogens (tertiary/aromatic N) is 1. The van der Waals surface area contributed by atoms with Gasteiger partial charge in [0.25, 0.3) is 0 Å². The molecule has 1 heterocycles. The molecule has 2 rings (SSSR count). The van der Waals surface area contributed by atoms with Crippen molar-refractivity contribution in [3.63, 3.8) is 0 Å². The summed E-state index contributed by atoms with van der Waals surface area (Å²) in [5.41, 5.74) is 2.24. The molecular weight excluding hydrogens is 370 g/mol. The van der Waals surface area contributed by atoms with Crippen molar-refractivity contribution < 1.29 is 19.4 Å². The molecule has 5 nitrogen and oxygen atoms in total. The Morgan fingerprint density at radius 3 is 2.43 bits per heavy atom. The van der Waals surface area contributed by atoms with Gasteiger partial charge in [-0.3, -0.25) is 9.78 Å². The standard InChI is InChI=1S/C22H31NO4Si/c1-14(24)19-12-10-17-9-7-16(13-20(17)23-19)8-11-18(21(25)26)15(2)27-28(6)22(3,4)5/h7-15,18,24,28H,1-6H3,(H,25,26)/b11-8+/t14-,15+,18-,28?/m1/s1. The fourth-order valence-electron chi connectivity index (χ4n) is 2.75. The van der Waals surface area contributed by atoms with Gasteiger partial charge in [0.15, 0.2) is 9.04 Å². The fourth-order valence-corrected chi connectivity index (χ4v) is 3.97. The molecule has 1 unspecified atom stereocenters. The van der Waals surface area contributed by atoms with Gasteiger partial charge in [0.2, 0.25) is 0 Å². The molecule has 0 amide bonds. The number of rotatable bonds is 7. The topological polar surface area (TPSA) is 79.7 Å². The Balaban J connectivity index is 2.23. The van der Waals surface area contributed by atoms with Gasteiger partial charge in [-0.15, -0.1) is 0 Å². The van der Waals surface area contributed by atoms with Crippen LogP contribution in [-0.4, -0.2) is 36.3 Å². The van der Waals surface area contributed by atoms with Crippen LogP contribution in [0.25, 0.3) is 17.0 Å². The lowest BCUT2D eigenvalue weighted by atomic mass is 10.0. The minimum absolute atomic E-state index is 0.0760. The van der Waals surface area contributed by atoms with E-state index in [0.717, 1.165) is 16.5 Å². The first-order chi connectivity index (χ1) is 13.0. The third kappa shape index (κ3) is 5.74. The van der Waals surface area contributed by atoms with Crippen molar-refractivity contribution >= 4 is 32.0 Å². The summed E-state index contributed by atoms with van der Waals surface area (Å²) in [6, 6.07) is 9.50. The van der Waals surface area contributed by atoms with Crippen LogP contribution in [0.4, 0.5) is 0 Å². The van der Waals surface area contributed by atoms with E-state index in [1.807, 2.05) is 37.3 Å². The monoisotopic (exact) mass is 401 g/mol. The van der Waals surface area contributed by atoms with Gasteiger partial charge in [-0.1, -0.05) is 51.1 Å². The van der Waals surface area contributed by atoms with Crippen LogP contribution in [0.2, 0.25) is 11.6 Å². The van der Waals surface area contributed by atoms with E-state index >= 15 is 0 Å². The van der Waals surface area contributed by atoms with E-state index in [2.05, 4.69) is 32.3 Å². The lowest BCUT2D eigenvalue weighted by Crippen LogP contribution is -2.35. The molecule has 4 atom stereocenters. The van der Waals surface area contributed by atoms with Gasteiger partial charge in [0.1, 0.15) is 0 Å². The number of hydrogen-bond donors (Lipinski definition) is 2. The Kier molecular flexibility index (Phi) is 7.15. The molecule has 0 fully saturated rings. The Hall–Kier alpha value is -2.02. The van der Waals surface area contributed by atoms with Gasteiger partial charge in [-0.2, -0.15) is 0 Å². The maximum absolute atomic E-state index is 11.8. The number of aromatic nitrogens is 1. The van der Waals surface area contributed by atoms with Crippen molar-refractivity contribution in [2.45, 2.75) is 58.4 Å². The summed E-state index contributed by atoms with van der Waals surface area (Å²) >= 11 is 0. The summed E-state index contributed by atoms with van der Waals surface area (Å²) < 4.78 is 6.11. The second kappa shape index (κ2) is 8.98. The highest BCUT2D eigenvalue weighted by molar-refractivity contribution is 6.53. The summed E-state index contributed by atoms with van der Waals surface area (Å²) in [5.74, 6) is -1.61. The van der Waals surface area contributed by atoms with E-state index in [-0.39, 0.29) is 5.04 Å². The van der Waals surface area contributed by atoms with E-state index in [1.54, 1.807) is 19.1 Å². The number of aliphatic hydroxyl groups excluding tert-OH is 1. The summed E-state index contributed by atoms with van der Waals surface area (Å²) in [6.45, 7) is 12.0. The molecule has 0 radical (unpaired) electrons. The van der Waals surface area contributed by atoms with E-state index < -0.39 is 33.1 Å². The molecule has 0 aliphatic heterocycles. The average molecular weight is 402 g/mol. The Bertz CT molecular complexity index is 857. The van der Waals surface area contributed by atoms with Gasteiger partial charge >= 0.3 is 5.97 Å². The third-order valence-corrected chi connectivity index (χ3v) is 8.37. The largest absolute Gasteiger partial charge is 0.481 e. The van der Waals surface area contributed by atoms with Crippen LogP contribution in [0.1, 0.15) is 52.0 Å². The Morgan fingerprint density at radius 1 is 1.21 bits per heavy atom. The first kappa shape index (κ1) is 22.3. The minimum atomic E-state index is -1.52. The minimum Gasteiger partial charge on any atom is -0.481 e. The smallest absolute Gasteiger partial charge is 0.312 e. The van der Waals surface area contributed by atoms with Crippen molar-refractivity contribution in [3.8, 4) is 0 Å². The van der Waals surface area contributed by atoms with E-state index in [1.165, 1.54) is 0 Å². The summed E-state index contributed by atoms with van der Waals surface area (Å²) in [5, 5.41) is 20.4. The lowest BCUT2D eigenvalue weighted by Gasteiger charge is -2.30. The normalized spacial score (nSPS) is 16.8. The molecule has 0 bridgehead atoms. The van der Waals surface area contributed by atoms with Crippen LogP contribution in [0.3, 0.4) is 0 Å². The van der Waals surface area contributed by atoms with Gasteiger partial charge in [-0.05, 0) is 43.1 Å². The predicted octanol–water partition coefficient (Wildman–Crippen LogP) is 4.56. The van der Waals surface area contributed by atoms with E-state index in [4.69, 9.17) is 4.43 Å². The number of aliphatic hydroxyl groups is 1. The molecule has 0 spiro atoms. The molecule has 28 heavy (non-hydrogen) atoms. The number of pyridine rings is 1. The van der Waals surface area contributed by atoms with Crippen molar-refractivity contribution in [2.24, 2.45) is 5.92 Å². The zero-order valence-electron chi connectivity index (χ0n) is 17.5. The molecule has 0 aliphatic carbocycles. The molecule has 152 valence electrons. The van der Waals surface area contributed by atoms with Crippen LogP contribution in [-0.2, 0) is 9.22 Å². The summed E-state index contributed by atoms with van der Waals surface area (Å²) in [7, 11) is -1.52. The van der Waals surface area contributed by atoms with Crippen LogP contribution in [0.5, 0.6) is 0 Å². The molecule has 0 aliphatic rings. The van der Waals surface area contributed by atoms with E-state index in [9.17, 15) is 15.0 Å². The number of carbonyl (C=O) groups is 1. The Labute approximate surface area is 168 Å². The number of fused-ring (bicyclic) bond motifs is 1. The van der Waals surface area contributed by atoms with E-state index in [0.29, 0.717) is 5.69 Å². The number of hydrogen-bond acceptors (Lipinski definition) is 4. The predicted molar refractivity (Wildman–Crippen MR) is 116 cm³/mol. The SMILES string of the molecule is C[C@H](O[SiH](C)C(C)(C)C)[C@@H](/C=C/c1ccc2ccc([C@@H](C)O)nc2c1)C(=O)O. The van der Waals surface area contributed by atoms with Gasteiger partial charge in [-0.25, -0.2) is 0 Å². The van der Waals surface area contributed by atoms with Crippen molar-refractivity contribution in [1.29, 1.82) is 0 Å². The molecule has 0 saturated heterocycles.